The number of halogens is 3. The number of carbonyl (C=O) groups is 3. The second-order valence-electron chi connectivity index (χ2n) is 7.82. The van der Waals surface area contributed by atoms with Crippen LogP contribution in [0.25, 0.3) is 0 Å². The molecule has 188 valence electrons. The zero-order valence-corrected chi connectivity index (χ0v) is 20.9. The minimum absolute atomic E-state index is 0.122. The summed E-state index contributed by atoms with van der Waals surface area (Å²) in [6.45, 7) is 4.57. The molecule has 2 aromatic rings. The Balaban J connectivity index is 1.46. The average molecular weight is 549 g/mol. The minimum Gasteiger partial charge on any atom is -0.477 e. The van der Waals surface area contributed by atoms with E-state index < -0.39 is 47.1 Å². The van der Waals surface area contributed by atoms with Gasteiger partial charge in [0.25, 0.3) is 5.91 Å². The molecule has 0 unspecified atom stereocenters. The molecule has 35 heavy (non-hydrogen) atoms. The van der Waals surface area contributed by atoms with Gasteiger partial charge in [-0.3, -0.25) is 19.2 Å². The van der Waals surface area contributed by atoms with Crippen LogP contribution in [0.4, 0.5) is 13.2 Å². The van der Waals surface area contributed by atoms with E-state index in [-0.39, 0.29) is 11.4 Å². The van der Waals surface area contributed by atoms with Crippen molar-refractivity contribution in [1.82, 2.24) is 30.2 Å². The highest BCUT2D eigenvalue weighted by Crippen LogP contribution is 2.42. The van der Waals surface area contributed by atoms with Gasteiger partial charge in [-0.15, -0.1) is 22.0 Å². The molecule has 2 amide bonds. The number of aliphatic carboxylic acids is 1. The summed E-state index contributed by atoms with van der Waals surface area (Å²) in [4.78, 5) is 38.7. The van der Waals surface area contributed by atoms with Crippen LogP contribution in [0.5, 0.6) is 0 Å². The van der Waals surface area contributed by atoms with Crippen LogP contribution in [0.3, 0.4) is 0 Å². The first-order valence-electron chi connectivity index (χ1n) is 10.1. The fourth-order valence-electron chi connectivity index (χ4n) is 3.68. The molecule has 0 aliphatic carbocycles. The summed E-state index contributed by atoms with van der Waals surface area (Å²) in [6.07, 6.45) is -4.65. The Kier molecular flexibility index (Phi) is 6.89. The van der Waals surface area contributed by atoms with E-state index in [0.29, 0.717) is 21.4 Å². The Bertz CT molecular complexity index is 1230. The van der Waals surface area contributed by atoms with Crippen molar-refractivity contribution in [2.75, 3.05) is 11.5 Å². The number of fused-ring (bicyclic) bond motifs is 1. The summed E-state index contributed by atoms with van der Waals surface area (Å²) in [5, 5.41) is 23.9. The Morgan fingerprint density at radius 1 is 1.34 bits per heavy atom. The zero-order valence-electron chi connectivity index (χ0n) is 18.5. The van der Waals surface area contributed by atoms with Gasteiger partial charge in [0.15, 0.2) is 10.0 Å². The maximum absolute atomic E-state index is 13.0. The fourth-order valence-corrected chi connectivity index (χ4v) is 6.98. The number of aryl methyl sites for hydroxylation is 2. The number of aromatic nitrogens is 4. The average Bonchev–Trinajstić information content (AvgIpc) is 3.39. The highest BCUT2D eigenvalue weighted by Gasteiger charge is 2.54. The third-order valence-electron chi connectivity index (χ3n) is 5.38. The van der Waals surface area contributed by atoms with E-state index in [4.69, 9.17) is 0 Å². The van der Waals surface area contributed by atoms with Crippen LogP contribution in [0.15, 0.2) is 21.7 Å². The predicted molar refractivity (Wildman–Crippen MR) is 122 cm³/mol. The lowest BCUT2D eigenvalue weighted by molar-refractivity contribution is -0.151. The van der Waals surface area contributed by atoms with Crippen molar-refractivity contribution >= 4 is 52.6 Å². The number of carboxylic acid groups (broad SMARTS) is 1. The number of rotatable bonds is 7. The van der Waals surface area contributed by atoms with Crippen molar-refractivity contribution in [3.63, 3.8) is 0 Å². The third-order valence-corrected chi connectivity index (χ3v) is 8.78. The maximum atomic E-state index is 13.0. The number of hydrogen-bond donors (Lipinski definition) is 2. The molecule has 0 aromatic carbocycles. The lowest BCUT2D eigenvalue weighted by atomic mass is 10.0. The molecule has 1 saturated heterocycles. The molecule has 0 bridgehead atoms. The fraction of sp³-hybridized carbons (Fsp3) is 0.474. The van der Waals surface area contributed by atoms with Crippen molar-refractivity contribution in [2.24, 2.45) is 0 Å². The number of thioether (sulfide) groups is 2. The summed E-state index contributed by atoms with van der Waals surface area (Å²) < 4.78 is 40.5. The standard InChI is InChI=1S/C19H19F3N6O4S3/c1-7-4-11(19(20,21)22)26-28(7)8(2)14(29)23-12-15(30)27-13(17(31)32)10(5-33-16(12)27)6-34-18-25-24-9(3)35-18/h4,8,12,16H,5-6H2,1-3H3,(H,23,29)(H,31,32)/t8-,12+,16-/m1/s1. The van der Waals surface area contributed by atoms with Gasteiger partial charge in [-0.05, 0) is 32.4 Å². The van der Waals surface area contributed by atoms with Gasteiger partial charge in [-0.25, -0.2) is 4.79 Å². The predicted octanol–water partition coefficient (Wildman–Crippen LogP) is 2.46. The summed E-state index contributed by atoms with van der Waals surface area (Å²) in [6, 6.07) is -1.27. The first-order valence-corrected chi connectivity index (χ1v) is 13.0. The second kappa shape index (κ2) is 9.46. The number of alkyl halides is 3. The number of nitrogens with zero attached hydrogens (tertiary/aromatic N) is 5. The first-order chi connectivity index (χ1) is 16.4. The molecule has 10 nitrogen and oxygen atoms in total. The van der Waals surface area contributed by atoms with Gasteiger partial charge < -0.3 is 10.4 Å². The van der Waals surface area contributed by atoms with Crippen LogP contribution in [-0.2, 0) is 20.6 Å². The van der Waals surface area contributed by atoms with E-state index in [9.17, 15) is 32.7 Å². The van der Waals surface area contributed by atoms with Crippen molar-refractivity contribution < 1.29 is 32.7 Å². The maximum Gasteiger partial charge on any atom is 0.435 e. The molecule has 2 N–H and O–H groups in total. The molecule has 0 spiro atoms. The molecule has 0 saturated carbocycles. The number of hydrogen-bond acceptors (Lipinski definition) is 9. The Labute approximate surface area is 209 Å². The monoisotopic (exact) mass is 548 g/mol. The van der Waals surface area contributed by atoms with E-state index in [2.05, 4.69) is 20.6 Å². The summed E-state index contributed by atoms with van der Waals surface area (Å²) in [7, 11) is 0. The number of nitrogens with one attached hydrogen (secondary N) is 1. The molecule has 2 aromatic heterocycles. The van der Waals surface area contributed by atoms with E-state index >= 15 is 0 Å². The topological polar surface area (TPSA) is 130 Å². The molecule has 2 aliphatic heterocycles. The lowest BCUT2D eigenvalue weighted by Crippen LogP contribution is -2.71. The summed E-state index contributed by atoms with van der Waals surface area (Å²) in [5.41, 5.74) is -0.551. The van der Waals surface area contributed by atoms with E-state index in [1.165, 1.54) is 48.7 Å². The van der Waals surface area contributed by atoms with Crippen LogP contribution in [0.2, 0.25) is 0 Å². The van der Waals surface area contributed by atoms with Gasteiger partial charge >= 0.3 is 12.1 Å². The number of β-lactam (4-membered cyclic amide) rings is 1. The quantitative estimate of drug-likeness (QED) is 0.396. The molecular formula is C19H19F3N6O4S3. The van der Waals surface area contributed by atoms with Crippen molar-refractivity contribution in [2.45, 2.75) is 48.7 Å². The first kappa shape index (κ1) is 25.5. The van der Waals surface area contributed by atoms with E-state index in [1.54, 1.807) is 0 Å². The smallest absolute Gasteiger partial charge is 0.435 e. The highest BCUT2D eigenvalue weighted by atomic mass is 32.2. The van der Waals surface area contributed by atoms with Crippen molar-refractivity contribution in [3.8, 4) is 0 Å². The van der Waals surface area contributed by atoms with Crippen molar-refractivity contribution in [3.05, 3.63) is 33.7 Å². The van der Waals surface area contributed by atoms with Crippen LogP contribution < -0.4 is 5.32 Å². The zero-order chi connectivity index (χ0) is 25.7. The molecule has 0 radical (unpaired) electrons. The van der Waals surface area contributed by atoms with Gasteiger partial charge in [-0.1, -0.05) is 23.1 Å². The molecule has 16 heteroatoms. The van der Waals surface area contributed by atoms with Gasteiger partial charge in [0.05, 0.1) is 0 Å². The summed E-state index contributed by atoms with van der Waals surface area (Å²) >= 11 is 4.01. The van der Waals surface area contributed by atoms with Gasteiger partial charge in [-0.2, -0.15) is 18.3 Å². The Morgan fingerprint density at radius 2 is 2.06 bits per heavy atom. The molecular weight excluding hydrogens is 529 g/mol. The number of carbonyl (C=O) groups excluding carboxylic acids is 2. The van der Waals surface area contributed by atoms with Crippen molar-refractivity contribution in [1.29, 1.82) is 0 Å². The lowest BCUT2D eigenvalue weighted by Gasteiger charge is -2.49. The largest absolute Gasteiger partial charge is 0.477 e. The number of carboxylic acids is 1. The molecule has 4 rings (SSSR count). The normalized spacial score (nSPS) is 21.0. The Morgan fingerprint density at radius 3 is 2.63 bits per heavy atom. The number of amides is 2. The summed E-state index contributed by atoms with van der Waals surface area (Å²) in [5.74, 6) is -1.90. The molecule has 3 atom stereocenters. The molecule has 2 aliphatic rings. The van der Waals surface area contributed by atoms with Crippen LogP contribution in [0, 0.1) is 13.8 Å². The van der Waals surface area contributed by atoms with E-state index in [1.807, 2.05) is 6.92 Å². The van der Waals surface area contributed by atoms with Crippen LogP contribution >= 0.6 is 34.9 Å². The van der Waals surface area contributed by atoms with Gasteiger partial charge in [0.2, 0.25) is 5.91 Å². The molecule has 4 heterocycles. The molecule has 1 fully saturated rings. The van der Waals surface area contributed by atoms with Gasteiger partial charge in [0.1, 0.15) is 28.2 Å². The highest BCUT2D eigenvalue weighted by molar-refractivity contribution is 8.01. The van der Waals surface area contributed by atoms with Gasteiger partial charge in [0, 0.05) is 17.2 Å². The Hall–Kier alpha value is -2.59. The minimum atomic E-state index is -4.65. The second-order valence-corrected chi connectivity index (χ2v) is 11.3. The third kappa shape index (κ3) is 4.91. The van der Waals surface area contributed by atoms with Crippen LogP contribution in [-0.4, -0.2) is 70.7 Å². The van der Waals surface area contributed by atoms with Crippen LogP contribution in [0.1, 0.15) is 29.4 Å². The SMILES string of the molecule is Cc1nnc(SCC2=C(C(=O)O)N3C(=O)[C@H](NC(=O)[C@@H](C)n4nc(C(F)(F)F)cc4C)[C@H]3SC2)s1. The van der Waals surface area contributed by atoms with E-state index in [0.717, 1.165) is 20.7 Å².